The van der Waals surface area contributed by atoms with Crippen LogP contribution in [0.25, 0.3) is 0 Å². The molecule has 0 aromatic heterocycles. The van der Waals surface area contributed by atoms with Crippen molar-refractivity contribution in [3.05, 3.63) is 62.7 Å². The average Bonchev–Trinajstić information content (AvgIpc) is 2.42. The van der Waals surface area contributed by atoms with Crippen LogP contribution < -0.4 is 5.32 Å². The van der Waals surface area contributed by atoms with Crippen molar-refractivity contribution in [3.63, 3.8) is 0 Å². The molecule has 108 valence electrons. The second kappa shape index (κ2) is 5.80. The molecular weight excluding hydrogens is 296 g/mol. The van der Waals surface area contributed by atoms with E-state index in [0.29, 0.717) is 16.9 Å². The van der Waals surface area contributed by atoms with Gasteiger partial charge in [0.2, 0.25) is 0 Å². The third kappa shape index (κ3) is 3.29. The summed E-state index contributed by atoms with van der Waals surface area (Å²) >= 11 is 6.02. The summed E-state index contributed by atoms with van der Waals surface area (Å²) in [6.45, 7) is 1.73. The van der Waals surface area contributed by atoms with Gasteiger partial charge in [-0.25, -0.2) is 4.79 Å². The zero-order chi connectivity index (χ0) is 15.6. The minimum absolute atomic E-state index is 0.00497. The fraction of sp³-hybridized carbons (Fsp3) is 0.0714. The first-order chi connectivity index (χ1) is 9.88. The highest BCUT2D eigenvalue weighted by Crippen LogP contribution is 2.29. The lowest BCUT2D eigenvalue weighted by atomic mass is 10.1. The summed E-state index contributed by atoms with van der Waals surface area (Å²) in [6.07, 6.45) is 0. The van der Waals surface area contributed by atoms with E-state index < -0.39 is 10.9 Å². The lowest BCUT2D eigenvalue weighted by molar-refractivity contribution is -0.384. The fourth-order valence-corrected chi connectivity index (χ4v) is 2.02. The van der Waals surface area contributed by atoms with Gasteiger partial charge >= 0.3 is 5.97 Å². The normalized spacial score (nSPS) is 10.2. The van der Waals surface area contributed by atoms with Gasteiger partial charge in [-0.05, 0) is 36.8 Å². The summed E-state index contributed by atoms with van der Waals surface area (Å²) in [5.41, 5.74) is 1.96. The molecule has 2 aromatic carbocycles. The van der Waals surface area contributed by atoms with E-state index in [2.05, 4.69) is 5.32 Å². The summed E-state index contributed by atoms with van der Waals surface area (Å²) in [6, 6.07) is 8.72. The van der Waals surface area contributed by atoms with E-state index in [-0.39, 0.29) is 16.3 Å². The van der Waals surface area contributed by atoms with E-state index in [1.807, 2.05) is 0 Å². The number of carboxylic acid groups (broad SMARTS) is 1. The van der Waals surface area contributed by atoms with Gasteiger partial charge in [0.05, 0.1) is 21.2 Å². The maximum atomic E-state index is 10.8. The Morgan fingerprint density at radius 1 is 1.24 bits per heavy atom. The van der Waals surface area contributed by atoms with Crippen molar-refractivity contribution in [2.24, 2.45) is 0 Å². The molecule has 0 saturated heterocycles. The van der Waals surface area contributed by atoms with Crippen LogP contribution in [0.15, 0.2) is 36.4 Å². The number of carbonyl (C=O) groups is 1. The highest BCUT2D eigenvalue weighted by Gasteiger charge is 2.11. The van der Waals surface area contributed by atoms with Crippen molar-refractivity contribution in [2.45, 2.75) is 6.92 Å². The minimum Gasteiger partial charge on any atom is -0.478 e. The molecule has 2 rings (SSSR count). The van der Waals surface area contributed by atoms with Crippen LogP contribution in [0, 0.1) is 17.0 Å². The predicted molar refractivity (Wildman–Crippen MR) is 79.5 cm³/mol. The summed E-state index contributed by atoms with van der Waals surface area (Å²) in [7, 11) is 0. The number of non-ortho nitro benzene ring substituents is 1. The molecule has 2 N–H and O–H groups in total. The molecule has 0 saturated carbocycles. The molecule has 0 bridgehead atoms. The van der Waals surface area contributed by atoms with Crippen LogP contribution in [-0.4, -0.2) is 16.0 Å². The number of anilines is 2. The number of aromatic carboxylic acids is 1. The molecule has 0 fully saturated rings. The lowest BCUT2D eigenvalue weighted by Gasteiger charge is -2.11. The van der Waals surface area contributed by atoms with Gasteiger partial charge in [-0.1, -0.05) is 11.6 Å². The van der Waals surface area contributed by atoms with Crippen molar-refractivity contribution in [2.75, 3.05) is 5.32 Å². The average molecular weight is 307 g/mol. The number of nitro benzene ring substituents is 1. The zero-order valence-corrected chi connectivity index (χ0v) is 11.7. The van der Waals surface area contributed by atoms with E-state index in [9.17, 15) is 14.9 Å². The number of aryl methyl sites for hydroxylation is 1. The smallest absolute Gasteiger partial charge is 0.335 e. The van der Waals surface area contributed by atoms with E-state index in [4.69, 9.17) is 16.7 Å². The second-order valence-electron chi connectivity index (χ2n) is 4.38. The molecule has 0 spiro atoms. The van der Waals surface area contributed by atoms with Gasteiger partial charge in [0.25, 0.3) is 5.69 Å². The number of nitrogens with zero attached hydrogens (tertiary/aromatic N) is 1. The van der Waals surface area contributed by atoms with Crippen LogP contribution in [0.1, 0.15) is 15.9 Å². The molecule has 0 aliphatic rings. The molecule has 7 heteroatoms. The first-order valence-electron chi connectivity index (χ1n) is 5.93. The molecule has 0 atom stereocenters. The molecule has 0 unspecified atom stereocenters. The number of rotatable bonds is 4. The Hall–Kier alpha value is -2.60. The van der Waals surface area contributed by atoms with Crippen molar-refractivity contribution in [1.29, 1.82) is 0 Å². The Morgan fingerprint density at radius 2 is 1.90 bits per heavy atom. The van der Waals surface area contributed by atoms with Gasteiger partial charge in [0.1, 0.15) is 0 Å². The number of hydrogen-bond acceptors (Lipinski definition) is 4. The van der Waals surface area contributed by atoms with Crippen LogP contribution in [-0.2, 0) is 0 Å². The van der Waals surface area contributed by atoms with Gasteiger partial charge in [-0.3, -0.25) is 10.1 Å². The van der Waals surface area contributed by atoms with Crippen molar-refractivity contribution >= 4 is 34.6 Å². The molecule has 0 aliphatic heterocycles. The summed E-state index contributed by atoms with van der Waals surface area (Å²) in [4.78, 5) is 21.1. The van der Waals surface area contributed by atoms with E-state index in [1.165, 1.54) is 24.3 Å². The van der Waals surface area contributed by atoms with Crippen LogP contribution in [0.4, 0.5) is 17.1 Å². The third-order valence-corrected chi connectivity index (χ3v) is 3.22. The molecule has 6 nitrogen and oxygen atoms in total. The number of carboxylic acids is 1. The van der Waals surface area contributed by atoms with Gasteiger partial charge in [0.15, 0.2) is 0 Å². The van der Waals surface area contributed by atoms with Crippen LogP contribution in [0.2, 0.25) is 5.02 Å². The van der Waals surface area contributed by atoms with E-state index in [0.717, 1.165) is 0 Å². The highest BCUT2D eigenvalue weighted by atomic mass is 35.5. The number of hydrogen-bond donors (Lipinski definition) is 2. The van der Waals surface area contributed by atoms with E-state index in [1.54, 1.807) is 19.1 Å². The number of benzene rings is 2. The highest BCUT2D eigenvalue weighted by molar-refractivity contribution is 6.33. The predicted octanol–water partition coefficient (Wildman–Crippen LogP) is 4.00. The Balaban J connectivity index is 2.30. The maximum Gasteiger partial charge on any atom is 0.335 e. The molecule has 21 heavy (non-hydrogen) atoms. The molecule has 0 aliphatic carbocycles. The zero-order valence-electron chi connectivity index (χ0n) is 11.0. The minimum atomic E-state index is -1.06. The van der Waals surface area contributed by atoms with Crippen LogP contribution in [0.5, 0.6) is 0 Å². The van der Waals surface area contributed by atoms with Gasteiger partial charge < -0.3 is 10.4 Å². The Kier molecular flexibility index (Phi) is 4.09. The maximum absolute atomic E-state index is 10.8. The Bertz CT molecular complexity index is 669. The first kappa shape index (κ1) is 14.8. The number of nitro groups is 1. The van der Waals surface area contributed by atoms with Crippen molar-refractivity contribution in [1.82, 2.24) is 0 Å². The monoisotopic (exact) mass is 306 g/mol. The van der Waals surface area contributed by atoms with E-state index >= 15 is 0 Å². The summed E-state index contributed by atoms with van der Waals surface area (Å²) < 4.78 is 0. The molecule has 0 radical (unpaired) electrons. The molecular formula is C14H11ClN2O4. The van der Waals surface area contributed by atoms with Gasteiger partial charge in [-0.15, -0.1) is 0 Å². The quantitative estimate of drug-likeness (QED) is 0.658. The summed E-state index contributed by atoms with van der Waals surface area (Å²) in [5, 5.41) is 22.8. The van der Waals surface area contributed by atoms with Crippen molar-refractivity contribution in [3.8, 4) is 0 Å². The summed E-state index contributed by atoms with van der Waals surface area (Å²) in [5.74, 6) is -1.06. The molecule has 0 heterocycles. The lowest BCUT2D eigenvalue weighted by Crippen LogP contribution is -1.99. The number of nitrogens with one attached hydrogen (secondary N) is 1. The fourth-order valence-electron chi connectivity index (χ4n) is 1.80. The standard InChI is InChI=1S/C14H11ClN2O4/c1-8-6-10(17(20)21)3-5-12(8)16-13-4-2-9(14(18)19)7-11(13)15/h2-7,16H,1H3,(H,18,19). The SMILES string of the molecule is Cc1cc([N+](=O)[O-])ccc1Nc1ccc(C(=O)O)cc1Cl. The van der Waals surface area contributed by atoms with Crippen LogP contribution >= 0.6 is 11.6 Å². The van der Waals surface area contributed by atoms with Gasteiger partial charge in [-0.2, -0.15) is 0 Å². The Morgan fingerprint density at radius 3 is 2.43 bits per heavy atom. The topological polar surface area (TPSA) is 92.5 Å². The molecule has 2 aromatic rings. The van der Waals surface area contributed by atoms with Gasteiger partial charge in [0, 0.05) is 17.8 Å². The molecule has 0 amide bonds. The first-order valence-corrected chi connectivity index (χ1v) is 6.31. The third-order valence-electron chi connectivity index (χ3n) is 2.91. The van der Waals surface area contributed by atoms with Crippen molar-refractivity contribution < 1.29 is 14.8 Å². The second-order valence-corrected chi connectivity index (χ2v) is 4.79. The van der Waals surface area contributed by atoms with Crippen LogP contribution in [0.3, 0.4) is 0 Å². The number of halogens is 1. The largest absolute Gasteiger partial charge is 0.478 e. The Labute approximate surface area is 125 Å².